The Labute approximate surface area is 245 Å². The van der Waals surface area contributed by atoms with Gasteiger partial charge in [0.15, 0.2) is 0 Å². The summed E-state index contributed by atoms with van der Waals surface area (Å²) in [6.45, 7) is 3.70. The van der Waals surface area contributed by atoms with E-state index in [9.17, 15) is 9.59 Å². The maximum absolute atomic E-state index is 14.0. The number of carbonyl (C=O) groups excluding carboxylic acids is 2. The van der Waals surface area contributed by atoms with E-state index in [4.69, 9.17) is 4.74 Å². The molecule has 4 atom stereocenters. The van der Waals surface area contributed by atoms with Gasteiger partial charge in [0.25, 0.3) is 0 Å². The monoisotopic (exact) mass is 567 g/mol. The molecule has 2 amide bonds. The van der Waals surface area contributed by atoms with Gasteiger partial charge in [-0.05, 0) is 84.7 Å². The molecule has 4 aromatic rings. The number of amides is 2. The summed E-state index contributed by atoms with van der Waals surface area (Å²) in [5, 5.41) is 14.8. The summed E-state index contributed by atoms with van der Waals surface area (Å²) in [6, 6.07) is 15.0. The zero-order valence-corrected chi connectivity index (χ0v) is 24.3. The molecule has 2 N–H and O–H groups in total. The SMILES string of the molecule is COc1ccc(C[C@@H]2C[C@@H](C(=O)NCc3ccc4c(c3)nnn4C)N(C(=O)[C@H]3CC(c4cnccc4C)CN3)C2)cc1. The summed E-state index contributed by atoms with van der Waals surface area (Å²) < 4.78 is 7.03. The summed E-state index contributed by atoms with van der Waals surface area (Å²) >= 11 is 0. The van der Waals surface area contributed by atoms with Crippen LogP contribution in [0.15, 0.2) is 60.9 Å². The highest BCUT2D eigenvalue weighted by Crippen LogP contribution is 2.32. The molecule has 0 saturated carbocycles. The van der Waals surface area contributed by atoms with E-state index >= 15 is 0 Å². The first kappa shape index (κ1) is 27.8. The highest BCUT2D eigenvalue weighted by Gasteiger charge is 2.43. The summed E-state index contributed by atoms with van der Waals surface area (Å²) in [7, 11) is 3.51. The predicted molar refractivity (Wildman–Crippen MR) is 159 cm³/mol. The van der Waals surface area contributed by atoms with Crippen LogP contribution in [0.3, 0.4) is 0 Å². The minimum absolute atomic E-state index is 0.00240. The van der Waals surface area contributed by atoms with Gasteiger partial charge >= 0.3 is 0 Å². The average Bonchev–Trinajstić information content (AvgIpc) is 3.75. The summed E-state index contributed by atoms with van der Waals surface area (Å²) in [5.74, 6) is 1.07. The fourth-order valence-electron chi connectivity index (χ4n) is 6.43. The van der Waals surface area contributed by atoms with Crippen molar-refractivity contribution in [1.82, 2.24) is 35.5 Å². The lowest BCUT2D eigenvalue weighted by atomic mass is 9.94. The molecule has 4 heterocycles. The second-order valence-corrected chi connectivity index (χ2v) is 11.5. The van der Waals surface area contributed by atoms with E-state index in [1.165, 1.54) is 11.1 Å². The number of carbonyl (C=O) groups is 2. The third kappa shape index (κ3) is 5.72. The van der Waals surface area contributed by atoms with Crippen molar-refractivity contribution < 1.29 is 14.3 Å². The van der Waals surface area contributed by atoms with Crippen LogP contribution >= 0.6 is 0 Å². The largest absolute Gasteiger partial charge is 0.497 e. The Morgan fingerprint density at radius 2 is 1.90 bits per heavy atom. The first-order chi connectivity index (χ1) is 20.4. The van der Waals surface area contributed by atoms with E-state index in [0.717, 1.165) is 34.3 Å². The second-order valence-electron chi connectivity index (χ2n) is 11.5. The van der Waals surface area contributed by atoms with E-state index in [0.29, 0.717) is 32.5 Å². The van der Waals surface area contributed by atoms with Crippen LogP contribution in [0.1, 0.15) is 41.0 Å². The van der Waals surface area contributed by atoms with Gasteiger partial charge in [-0.25, -0.2) is 4.68 Å². The molecule has 2 saturated heterocycles. The van der Waals surface area contributed by atoms with Gasteiger partial charge in [-0.15, -0.1) is 5.10 Å². The van der Waals surface area contributed by atoms with E-state index in [-0.39, 0.29) is 29.7 Å². The molecule has 10 nitrogen and oxygen atoms in total. The van der Waals surface area contributed by atoms with E-state index in [1.807, 2.05) is 54.5 Å². The molecule has 6 rings (SSSR count). The Balaban J connectivity index is 1.17. The highest BCUT2D eigenvalue weighted by molar-refractivity contribution is 5.90. The van der Waals surface area contributed by atoms with Crippen LogP contribution in [-0.2, 0) is 29.6 Å². The quantitative estimate of drug-likeness (QED) is 0.337. The number of rotatable bonds is 8. The first-order valence-corrected chi connectivity index (χ1v) is 14.5. The van der Waals surface area contributed by atoms with E-state index in [1.54, 1.807) is 18.0 Å². The lowest BCUT2D eigenvalue weighted by Gasteiger charge is -2.27. The second kappa shape index (κ2) is 11.9. The minimum Gasteiger partial charge on any atom is -0.497 e. The zero-order valence-electron chi connectivity index (χ0n) is 24.3. The predicted octanol–water partition coefficient (Wildman–Crippen LogP) is 2.90. The van der Waals surface area contributed by atoms with Gasteiger partial charge < -0.3 is 20.3 Å². The third-order valence-electron chi connectivity index (χ3n) is 8.75. The number of nitrogens with zero attached hydrogens (tertiary/aromatic N) is 5. The zero-order chi connectivity index (χ0) is 29.2. The molecule has 0 spiro atoms. The van der Waals surface area contributed by atoms with Gasteiger partial charge in [-0.3, -0.25) is 14.6 Å². The Hall–Kier alpha value is -4.31. The Morgan fingerprint density at radius 1 is 1.10 bits per heavy atom. The molecule has 2 aliphatic heterocycles. The number of ether oxygens (including phenoxy) is 1. The van der Waals surface area contributed by atoms with Crippen LogP contribution in [0, 0.1) is 12.8 Å². The minimum atomic E-state index is -0.526. The fraction of sp³-hybridized carbons (Fsp3) is 0.406. The molecule has 10 heteroatoms. The molecular formula is C32H37N7O3. The van der Waals surface area contributed by atoms with Crippen LogP contribution in [0.2, 0.25) is 0 Å². The van der Waals surface area contributed by atoms with Crippen molar-refractivity contribution in [2.75, 3.05) is 20.2 Å². The van der Waals surface area contributed by atoms with E-state index < -0.39 is 6.04 Å². The number of fused-ring (bicyclic) bond motifs is 1. The van der Waals surface area contributed by atoms with Gasteiger partial charge in [0.1, 0.15) is 17.3 Å². The number of aryl methyl sites for hydroxylation is 2. The topological polar surface area (TPSA) is 114 Å². The van der Waals surface area contributed by atoms with Crippen LogP contribution in [0.4, 0.5) is 0 Å². The molecule has 2 fully saturated rings. The number of hydrogen-bond donors (Lipinski definition) is 2. The van der Waals surface area contributed by atoms with Gasteiger partial charge in [-0.2, -0.15) is 0 Å². The molecule has 2 aromatic carbocycles. The van der Waals surface area contributed by atoms with Crippen molar-refractivity contribution >= 4 is 22.8 Å². The van der Waals surface area contributed by atoms with Crippen LogP contribution < -0.4 is 15.4 Å². The molecular weight excluding hydrogens is 530 g/mol. The number of nitrogens with one attached hydrogen (secondary N) is 2. The Morgan fingerprint density at radius 3 is 2.69 bits per heavy atom. The Bertz CT molecular complexity index is 1580. The number of likely N-dealkylation sites (tertiary alicyclic amines) is 1. The third-order valence-corrected chi connectivity index (χ3v) is 8.75. The van der Waals surface area contributed by atoms with Crippen molar-refractivity contribution in [2.24, 2.45) is 13.0 Å². The molecule has 218 valence electrons. The lowest BCUT2D eigenvalue weighted by molar-refractivity contribution is -0.139. The Kier molecular flexibility index (Phi) is 7.88. The number of benzene rings is 2. The first-order valence-electron chi connectivity index (χ1n) is 14.5. The molecule has 0 bridgehead atoms. The van der Waals surface area contributed by atoms with Gasteiger partial charge in [0, 0.05) is 45.0 Å². The lowest BCUT2D eigenvalue weighted by Crippen LogP contribution is -2.51. The van der Waals surface area contributed by atoms with Crippen molar-refractivity contribution in [1.29, 1.82) is 0 Å². The highest BCUT2D eigenvalue weighted by atomic mass is 16.5. The molecule has 0 aliphatic carbocycles. The van der Waals surface area contributed by atoms with Crippen molar-refractivity contribution in [2.45, 2.75) is 50.7 Å². The number of methoxy groups -OCH3 is 1. The van der Waals surface area contributed by atoms with Crippen molar-refractivity contribution in [3.8, 4) is 5.75 Å². The van der Waals surface area contributed by atoms with Gasteiger partial charge in [0.2, 0.25) is 11.8 Å². The maximum Gasteiger partial charge on any atom is 0.243 e. The fourth-order valence-corrected chi connectivity index (χ4v) is 6.43. The van der Waals surface area contributed by atoms with Crippen molar-refractivity contribution in [3.63, 3.8) is 0 Å². The summed E-state index contributed by atoms with van der Waals surface area (Å²) in [5.41, 5.74) is 6.18. The van der Waals surface area contributed by atoms with Crippen LogP contribution in [0.25, 0.3) is 11.0 Å². The molecule has 2 aliphatic rings. The summed E-state index contributed by atoms with van der Waals surface area (Å²) in [6.07, 6.45) is 5.80. The van der Waals surface area contributed by atoms with Crippen LogP contribution in [0.5, 0.6) is 5.75 Å². The van der Waals surface area contributed by atoms with Gasteiger partial charge in [0.05, 0.1) is 18.7 Å². The van der Waals surface area contributed by atoms with Gasteiger partial charge in [-0.1, -0.05) is 23.4 Å². The molecule has 0 radical (unpaired) electrons. The van der Waals surface area contributed by atoms with E-state index in [2.05, 4.69) is 45.0 Å². The number of pyridine rings is 1. The summed E-state index contributed by atoms with van der Waals surface area (Å²) in [4.78, 5) is 33.7. The maximum atomic E-state index is 14.0. The van der Waals surface area contributed by atoms with Crippen molar-refractivity contribution in [3.05, 3.63) is 83.2 Å². The molecule has 42 heavy (non-hydrogen) atoms. The van der Waals surface area contributed by atoms with Crippen LogP contribution in [-0.4, -0.2) is 69.0 Å². The molecule has 1 unspecified atom stereocenters. The standard InChI is InChI=1S/C32H37N7O3/c1-20-10-11-33-18-26(20)24-15-28(34-17-24)32(41)39-19-23(12-21-4-7-25(42-3)8-5-21)14-30(39)31(40)35-16-22-6-9-29-27(13-22)36-37-38(29)2/h4-11,13,18,23-24,28,30,34H,12,14-17,19H2,1-3H3,(H,35,40)/t23-,24?,28-,30+/m1/s1. The number of hydrogen-bond acceptors (Lipinski definition) is 7. The average molecular weight is 568 g/mol. The molecule has 2 aromatic heterocycles. The normalized spacial score (nSPS) is 22.0. The number of aromatic nitrogens is 4. The smallest absolute Gasteiger partial charge is 0.243 e.